The molecule has 0 amide bonds. The van der Waals surface area contributed by atoms with E-state index in [1.165, 1.54) is 0 Å². The highest BCUT2D eigenvalue weighted by atomic mass is 16.6. The fraction of sp³-hybridized carbons (Fsp3) is 0.750. The number of aliphatic hydroxyl groups excluding tert-OH is 1. The number of rotatable bonds is 4. The van der Waals surface area contributed by atoms with E-state index in [0.29, 0.717) is 0 Å². The van der Waals surface area contributed by atoms with Crippen LogP contribution in [0, 0.1) is 5.92 Å². The topological polar surface area (TPSA) is 63.6 Å². The summed E-state index contributed by atoms with van der Waals surface area (Å²) in [6, 6.07) is 0. The normalized spacial score (nSPS) is 14.9. The maximum absolute atomic E-state index is 11.6. The van der Waals surface area contributed by atoms with Crippen molar-refractivity contribution in [3.8, 4) is 0 Å². The van der Waals surface area contributed by atoms with Gasteiger partial charge in [0.1, 0.15) is 11.5 Å². The Morgan fingerprint density at radius 2 is 1.88 bits per heavy atom. The molecule has 0 aromatic heterocycles. The van der Waals surface area contributed by atoms with Gasteiger partial charge in [0.25, 0.3) is 0 Å². The first-order chi connectivity index (χ1) is 7.17. The van der Waals surface area contributed by atoms with Crippen molar-refractivity contribution in [2.24, 2.45) is 5.92 Å². The number of esters is 1. The van der Waals surface area contributed by atoms with E-state index in [0.717, 1.165) is 0 Å². The summed E-state index contributed by atoms with van der Waals surface area (Å²) >= 11 is 0. The molecular formula is C12H20O4. The van der Waals surface area contributed by atoms with Crippen LogP contribution in [0.15, 0.2) is 5.57 Å². The second-order valence-electron chi connectivity index (χ2n) is 4.94. The molecule has 16 heavy (non-hydrogen) atoms. The van der Waals surface area contributed by atoms with Crippen molar-refractivity contribution in [3.63, 3.8) is 0 Å². The molecule has 0 bridgehead atoms. The van der Waals surface area contributed by atoms with Gasteiger partial charge in [0.2, 0.25) is 0 Å². The number of carbonyl (C=O) groups is 1. The van der Waals surface area contributed by atoms with Crippen molar-refractivity contribution in [3.05, 3.63) is 5.57 Å². The van der Waals surface area contributed by atoms with Gasteiger partial charge in [-0.3, -0.25) is 4.79 Å². The minimum absolute atomic E-state index is 0.143. The number of hydrogen-bond donors (Lipinski definition) is 1. The highest BCUT2D eigenvalue weighted by Gasteiger charge is 2.25. The van der Waals surface area contributed by atoms with Crippen LogP contribution in [0.25, 0.3) is 0 Å². The van der Waals surface area contributed by atoms with Crippen molar-refractivity contribution in [2.45, 2.75) is 52.7 Å². The van der Waals surface area contributed by atoms with Crippen LogP contribution in [-0.4, -0.2) is 28.7 Å². The fourth-order valence-electron chi connectivity index (χ4n) is 1.16. The van der Waals surface area contributed by atoms with E-state index in [-0.39, 0.29) is 12.0 Å². The first-order valence-corrected chi connectivity index (χ1v) is 5.32. The van der Waals surface area contributed by atoms with Gasteiger partial charge in [-0.05, 0) is 34.6 Å². The zero-order chi connectivity index (χ0) is 12.9. The highest BCUT2D eigenvalue weighted by Crippen LogP contribution is 2.18. The lowest BCUT2D eigenvalue weighted by molar-refractivity contribution is -0.158. The Morgan fingerprint density at radius 1 is 1.38 bits per heavy atom. The van der Waals surface area contributed by atoms with E-state index < -0.39 is 23.6 Å². The fourth-order valence-corrected chi connectivity index (χ4v) is 1.16. The molecule has 2 atom stereocenters. The van der Waals surface area contributed by atoms with Gasteiger partial charge in [0, 0.05) is 12.0 Å². The van der Waals surface area contributed by atoms with E-state index in [2.05, 4.69) is 0 Å². The molecule has 92 valence electrons. The zero-order valence-corrected chi connectivity index (χ0v) is 10.5. The number of hydrogen-bond acceptors (Lipinski definition) is 4. The SMILES string of the molecule is CC(O)CC(=C=O)C(C)C(=O)OC(C)(C)C. The Balaban J connectivity index is 4.59. The minimum Gasteiger partial charge on any atom is -0.459 e. The smallest absolute Gasteiger partial charge is 0.314 e. The number of carbonyl (C=O) groups excluding carboxylic acids is 2. The number of ether oxygens (including phenoxy) is 1. The third-order valence-electron chi connectivity index (χ3n) is 1.93. The average Bonchev–Trinajstić information content (AvgIpc) is 2.09. The summed E-state index contributed by atoms with van der Waals surface area (Å²) in [6.45, 7) is 8.42. The largest absolute Gasteiger partial charge is 0.459 e. The average molecular weight is 228 g/mol. The van der Waals surface area contributed by atoms with Crippen LogP contribution in [0.1, 0.15) is 41.0 Å². The van der Waals surface area contributed by atoms with Gasteiger partial charge in [-0.1, -0.05) is 0 Å². The molecule has 4 heteroatoms. The molecule has 0 saturated carbocycles. The van der Waals surface area contributed by atoms with E-state index in [1.807, 2.05) is 0 Å². The summed E-state index contributed by atoms with van der Waals surface area (Å²) in [4.78, 5) is 22.3. The van der Waals surface area contributed by atoms with Crippen LogP contribution in [0.5, 0.6) is 0 Å². The lowest BCUT2D eigenvalue weighted by atomic mass is 9.97. The second-order valence-corrected chi connectivity index (χ2v) is 4.94. The van der Waals surface area contributed by atoms with Crippen LogP contribution in [0.3, 0.4) is 0 Å². The first-order valence-electron chi connectivity index (χ1n) is 5.32. The molecule has 0 heterocycles. The Labute approximate surface area is 96.3 Å². The third kappa shape index (κ3) is 5.69. The van der Waals surface area contributed by atoms with Gasteiger partial charge < -0.3 is 9.84 Å². The van der Waals surface area contributed by atoms with Gasteiger partial charge in [0.15, 0.2) is 0 Å². The molecule has 0 spiro atoms. The molecule has 2 unspecified atom stereocenters. The van der Waals surface area contributed by atoms with E-state index in [4.69, 9.17) is 9.84 Å². The Morgan fingerprint density at radius 3 is 2.19 bits per heavy atom. The molecule has 0 radical (unpaired) electrons. The Hall–Kier alpha value is -1.12. The molecule has 0 rings (SSSR count). The molecule has 0 aromatic rings. The summed E-state index contributed by atoms with van der Waals surface area (Å²) in [7, 11) is 0. The molecule has 0 aliphatic rings. The maximum Gasteiger partial charge on any atom is 0.314 e. The van der Waals surface area contributed by atoms with Crippen molar-refractivity contribution in [2.75, 3.05) is 0 Å². The second kappa shape index (κ2) is 5.83. The molecule has 4 nitrogen and oxygen atoms in total. The predicted molar refractivity (Wildman–Crippen MR) is 60.5 cm³/mol. The molecule has 0 aromatic carbocycles. The van der Waals surface area contributed by atoms with Crippen LogP contribution < -0.4 is 0 Å². The van der Waals surface area contributed by atoms with E-state index in [9.17, 15) is 9.59 Å². The van der Waals surface area contributed by atoms with Gasteiger partial charge in [-0.15, -0.1) is 0 Å². The summed E-state index contributed by atoms with van der Waals surface area (Å²) < 4.78 is 5.14. The van der Waals surface area contributed by atoms with Crippen LogP contribution in [-0.2, 0) is 14.3 Å². The summed E-state index contributed by atoms with van der Waals surface area (Å²) in [5.41, 5.74) is -0.339. The summed E-state index contributed by atoms with van der Waals surface area (Å²) in [6.07, 6.45) is -0.523. The molecule has 0 aliphatic carbocycles. The van der Waals surface area contributed by atoms with Crippen LogP contribution >= 0.6 is 0 Å². The molecule has 1 N–H and O–H groups in total. The minimum atomic E-state index is -0.665. The van der Waals surface area contributed by atoms with Crippen molar-refractivity contribution >= 4 is 11.9 Å². The van der Waals surface area contributed by atoms with Crippen LogP contribution in [0.2, 0.25) is 0 Å². The molecule has 0 fully saturated rings. The van der Waals surface area contributed by atoms with E-state index >= 15 is 0 Å². The predicted octanol–water partition coefficient (Wildman–Crippen LogP) is 1.49. The molecule has 0 saturated heterocycles. The first kappa shape index (κ1) is 14.9. The van der Waals surface area contributed by atoms with Gasteiger partial charge in [0.05, 0.1) is 12.0 Å². The van der Waals surface area contributed by atoms with Crippen molar-refractivity contribution in [1.82, 2.24) is 0 Å². The summed E-state index contributed by atoms with van der Waals surface area (Å²) in [5, 5.41) is 9.17. The lowest BCUT2D eigenvalue weighted by Crippen LogP contribution is -2.29. The lowest BCUT2D eigenvalue weighted by Gasteiger charge is -2.22. The van der Waals surface area contributed by atoms with Crippen LogP contribution in [0.4, 0.5) is 0 Å². The quantitative estimate of drug-likeness (QED) is 0.585. The van der Waals surface area contributed by atoms with Gasteiger partial charge >= 0.3 is 5.97 Å². The molecule has 0 aliphatic heterocycles. The highest BCUT2D eigenvalue weighted by molar-refractivity contribution is 5.79. The Bertz CT molecular complexity index is 293. The zero-order valence-electron chi connectivity index (χ0n) is 10.5. The third-order valence-corrected chi connectivity index (χ3v) is 1.93. The van der Waals surface area contributed by atoms with Gasteiger partial charge in [-0.25, -0.2) is 4.79 Å². The Kier molecular flexibility index (Phi) is 5.42. The van der Waals surface area contributed by atoms with E-state index in [1.54, 1.807) is 40.6 Å². The maximum atomic E-state index is 11.6. The van der Waals surface area contributed by atoms with Gasteiger partial charge in [-0.2, -0.15) is 0 Å². The number of aliphatic hydroxyl groups is 1. The summed E-state index contributed by atoms with van der Waals surface area (Å²) in [5.74, 6) is 0.579. The monoisotopic (exact) mass is 228 g/mol. The van der Waals surface area contributed by atoms with Crippen molar-refractivity contribution < 1.29 is 19.4 Å². The standard InChI is InChI=1S/C12H20O4/c1-8(14)6-10(7-13)9(2)11(15)16-12(3,4)5/h8-9,14H,6H2,1-5H3. The molecular weight excluding hydrogens is 208 g/mol. The van der Waals surface area contributed by atoms with Crippen molar-refractivity contribution in [1.29, 1.82) is 0 Å².